The van der Waals surface area contributed by atoms with Gasteiger partial charge in [-0.15, -0.1) is 0 Å². The number of ether oxygens (including phenoxy) is 1. The molecule has 4 atom stereocenters. The van der Waals surface area contributed by atoms with Crippen LogP contribution >= 0.6 is 0 Å². The molecule has 1 heterocycles. The summed E-state index contributed by atoms with van der Waals surface area (Å²) in [4.78, 5) is 2.54. The smallest absolute Gasteiger partial charge is 0.0756 e. The summed E-state index contributed by atoms with van der Waals surface area (Å²) in [7, 11) is 0. The lowest BCUT2D eigenvalue weighted by atomic mass is 9.87. The number of hydrogen-bond acceptors (Lipinski definition) is 4. The van der Waals surface area contributed by atoms with Crippen LogP contribution in [0.15, 0.2) is 0 Å². The fourth-order valence-electron chi connectivity index (χ4n) is 3.51. The Morgan fingerprint density at radius 3 is 2.89 bits per heavy atom. The molecule has 2 aliphatic rings. The Morgan fingerprint density at radius 2 is 2.17 bits per heavy atom. The highest BCUT2D eigenvalue weighted by molar-refractivity contribution is 4.91. The van der Waals surface area contributed by atoms with Crippen LogP contribution < -0.4 is 5.73 Å². The van der Waals surface area contributed by atoms with Crippen molar-refractivity contribution in [1.82, 2.24) is 4.90 Å². The fourth-order valence-corrected chi connectivity index (χ4v) is 3.51. The van der Waals surface area contributed by atoms with Crippen LogP contribution in [0.5, 0.6) is 0 Å². The maximum absolute atomic E-state index is 10.1. The number of aliphatic hydroxyl groups is 1. The molecule has 1 aliphatic carbocycles. The van der Waals surface area contributed by atoms with Crippen LogP contribution in [0.4, 0.5) is 0 Å². The van der Waals surface area contributed by atoms with Gasteiger partial charge in [-0.25, -0.2) is 0 Å². The molecule has 1 saturated carbocycles. The van der Waals surface area contributed by atoms with Crippen molar-refractivity contribution in [3.8, 4) is 0 Å². The van der Waals surface area contributed by atoms with Gasteiger partial charge in [0.05, 0.1) is 18.3 Å². The molecule has 4 heteroatoms. The summed E-state index contributed by atoms with van der Waals surface area (Å²) in [5.41, 5.74) is 4.87. The molecular formula is C14H28N2O2. The molecule has 3 N–H and O–H groups in total. The van der Waals surface area contributed by atoms with Crippen molar-refractivity contribution in [2.75, 3.05) is 19.7 Å². The molecule has 0 aromatic rings. The zero-order valence-electron chi connectivity index (χ0n) is 11.8. The lowest BCUT2D eigenvalue weighted by molar-refractivity contribution is -0.108. The first-order chi connectivity index (χ1) is 8.53. The van der Waals surface area contributed by atoms with Crippen molar-refractivity contribution in [2.45, 2.75) is 69.7 Å². The highest BCUT2D eigenvalue weighted by atomic mass is 16.5. The van der Waals surface area contributed by atoms with E-state index in [1.54, 1.807) is 0 Å². The van der Waals surface area contributed by atoms with Gasteiger partial charge >= 0.3 is 0 Å². The Hall–Kier alpha value is -0.160. The van der Waals surface area contributed by atoms with Crippen LogP contribution in [0.25, 0.3) is 0 Å². The summed E-state index contributed by atoms with van der Waals surface area (Å²) in [6.45, 7) is 6.19. The summed E-state index contributed by atoms with van der Waals surface area (Å²) >= 11 is 0. The number of morpholine rings is 1. The zero-order chi connectivity index (χ0) is 13.2. The number of fused-ring (bicyclic) bond motifs is 1. The van der Waals surface area contributed by atoms with Crippen molar-refractivity contribution in [3.63, 3.8) is 0 Å². The van der Waals surface area contributed by atoms with E-state index in [1.807, 2.05) is 6.92 Å². The average Bonchev–Trinajstić information content (AvgIpc) is 2.37. The molecule has 0 aromatic heterocycles. The van der Waals surface area contributed by atoms with Gasteiger partial charge in [0.2, 0.25) is 0 Å². The molecule has 0 amide bonds. The number of nitrogens with two attached hydrogens (primary N) is 1. The van der Waals surface area contributed by atoms with E-state index < -0.39 is 5.60 Å². The fraction of sp³-hybridized carbons (Fsp3) is 1.00. The minimum absolute atomic E-state index is 0.329. The second-order valence-electron chi connectivity index (χ2n) is 6.25. The van der Waals surface area contributed by atoms with E-state index in [-0.39, 0.29) is 0 Å². The topological polar surface area (TPSA) is 58.7 Å². The maximum Gasteiger partial charge on any atom is 0.0756 e. The second kappa shape index (κ2) is 5.87. The van der Waals surface area contributed by atoms with E-state index in [0.717, 1.165) is 19.6 Å². The molecule has 4 unspecified atom stereocenters. The van der Waals surface area contributed by atoms with Gasteiger partial charge < -0.3 is 15.6 Å². The van der Waals surface area contributed by atoms with Gasteiger partial charge in [0.25, 0.3) is 0 Å². The molecule has 4 nitrogen and oxygen atoms in total. The van der Waals surface area contributed by atoms with Crippen LogP contribution in [0.3, 0.4) is 0 Å². The normalized spacial score (nSPS) is 34.7. The number of nitrogens with zero attached hydrogens (tertiary/aromatic N) is 1. The van der Waals surface area contributed by atoms with Crippen molar-refractivity contribution in [1.29, 1.82) is 0 Å². The van der Waals surface area contributed by atoms with Gasteiger partial charge in [-0.3, -0.25) is 4.90 Å². The van der Waals surface area contributed by atoms with Crippen LogP contribution in [0.1, 0.15) is 46.0 Å². The van der Waals surface area contributed by atoms with Gasteiger partial charge in [-0.2, -0.15) is 0 Å². The molecule has 2 fully saturated rings. The van der Waals surface area contributed by atoms with Crippen molar-refractivity contribution in [3.05, 3.63) is 0 Å². The quantitative estimate of drug-likeness (QED) is 0.791. The van der Waals surface area contributed by atoms with Crippen molar-refractivity contribution < 1.29 is 9.84 Å². The third-order valence-corrected chi connectivity index (χ3v) is 4.52. The van der Waals surface area contributed by atoms with E-state index in [9.17, 15) is 5.11 Å². The van der Waals surface area contributed by atoms with Crippen LogP contribution in [0.2, 0.25) is 0 Å². The monoisotopic (exact) mass is 256 g/mol. The van der Waals surface area contributed by atoms with Crippen LogP contribution in [-0.4, -0.2) is 53.5 Å². The predicted octanol–water partition coefficient (Wildman–Crippen LogP) is 1.12. The SMILES string of the molecule is CC(CC(C)(O)CN)N1CCOC2CCCCC21. The summed E-state index contributed by atoms with van der Waals surface area (Å²) in [5.74, 6) is 0. The first-order valence-corrected chi connectivity index (χ1v) is 7.33. The molecular weight excluding hydrogens is 228 g/mol. The molecule has 1 saturated heterocycles. The first kappa shape index (κ1) is 14.3. The molecule has 2 rings (SSSR count). The molecule has 0 aromatic carbocycles. The summed E-state index contributed by atoms with van der Waals surface area (Å²) in [6.07, 6.45) is 6.19. The standard InChI is InChI=1S/C14H28N2O2/c1-11(9-14(2,17)10-15)16-7-8-18-13-6-4-3-5-12(13)16/h11-13,17H,3-10,15H2,1-2H3. The number of rotatable bonds is 4. The van der Waals surface area contributed by atoms with E-state index in [1.165, 1.54) is 25.7 Å². The van der Waals surface area contributed by atoms with E-state index >= 15 is 0 Å². The van der Waals surface area contributed by atoms with Gasteiger partial charge in [0, 0.05) is 25.2 Å². The lowest BCUT2D eigenvalue weighted by Gasteiger charge is -2.47. The molecule has 0 radical (unpaired) electrons. The van der Waals surface area contributed by atoms with Crippen LogP contribution in [-0.2, 0) is 4.74 Å². The van der Waals surface area contributed by atoms with Gasteiger partial charge in [-0.1, -0.05) is 12.8 Å². The third-order valence-electron chi connectivity index (χ3n) is 4.52. The van der Waals surface area contributed by atoms with Gasteiger partial charge in [0.15, 0.2) is 0 Å². The summed E-state index contributed by atoms with van der Waals surface area (Å²) < 4.78 is 5.89. The summed E-state index contributed by atoms with van der Waals surface area (Å²) in [6, 6.07) is 0.925. The second-order valence-corrected chi connectivity index (χ2v) is 6.25. The Morgan fingerprint density at radius 1 is 1.44 bits per heavy atom. The molecule has 1 aliphatic heterocycles. The highest BCUT2D eigenvalue weighted by Crippen LogP contribution is 2.31. The minimum Gasteiger partial charge on any atom is -0.389 e. The first-order valence-electron chi connectivity index (χ1n) is 7.33. The molecule has 0 bridgehead atoms. The Kier molecular flexibility index (Phi) is 4.64. The third kappa shape index (κ3) is 3.23. The van der Waals surface area contributed by atoms with Crippen molar-refractivity contribution in [2.24, 2.45) is 5.73 Å². The Balaban J connectivity index is 1.97. The largest absolute Gasteiger partial charge is 0.389 e. The molecule has 0 spiro atoms. The average molecular weight is 256 g/mol. The number of hydrogen-bond donors (Lipinski definition) is 2. The zero-order valence-corrected chi connectivity index (χ0v) is 11.8. The maximum atomic E-state index is 10.1. The Bertz CT molecular complexity index is 269. The van der Waals surface area contributed by atoms with Gasteiger partial charge in [-0.05, 0) is 33.1 Å². The van der Waals surface area contributed by atoms with E-state index in [0.29, 0.717) is 24.7 Å². The minimum atomic E-state index is -0.748. The summed E-state index contributed by atoms with van der Waals surface area (Å²) in [5, 5.41) is 10.1. The molecule has 18 heavy (non-hydrogen) atoms. The highest BCUT2D eigenvalue weighted by Gasteiger charge is 2.37. The van der Waals surface area contributed by atoms with Crippen molar-refractivity contribution >= 4 is 0 Å². The Labute approximate surface area is 110 Å². The van der Waals surface area contributed by atoms with E-state index in [4.69, 9.17) is 10.5 Å². The van der Waals surface area contributed by atoms with E-state index in [2.05, 4.69) is 11.8 Å². The van der Waals surface area contributed by atoms with Gasteiger partial charge in [0.1, 0.15) is 0 Å². The van der Waals surface area contributed by atoms with Crippen LogP contribution in [0, 0.1) is 0 Å². The predicted molar refractivity (Wildman–Crippen MR) is 72.5 cm³/mol. The lowest BCUT2D eigenvalue weighted by Crippen LogP contribution is -2.57. The molecule has 106 valence electrons.